The lowest BCUT2D eigenvalue weighted by atomic mass is 9.98. The molecule has 0 aliphatic heterocycles. The van der Waals surface area contributed by atoms with Crippen LogP contribution < -0.4 is 0 Å². The van der Waals surface area contributed by atoms with E-state index < -0.39 is 32.0 Å². The Hall–Kier alpha value is 0.120. The minimum absolute atomic E-state index is 0.0841. The van der Waals surface area contributed by atoms with Crippen LogP contribution in [0.1, 0.15) is 12.0 Å². The Labute approximate surface area is 154 Å². The van der Waals surface area contributed by atoms with Gasteiger partial charge in [-0.05, 0) is 12.0 Å². The fourth-order valence-electron chi connectivity index (χ4n) is 1.76. The van der Waals surface area contributed by atoms with Crippen molar-refractivity contribution < 1.29 is 35.1 Å². The summed E-state index contributed by atoms with van der Waals surface area (Å²) in [6.45, 7) is 0. The highest BCUT2D eigenvalue weighted by Gasteiger charge is 2.79. The monoisotopic (exact) mass is 572 g/mol. The molecule has 0 nitrogen and oxygen atoms in total. The van der Waals surface area contributed by atoms with E-state index in [-0.39, 0.29) is 29.0 Å². The summed E-state index contributed by atoms with van der Waals surface area (Å²) >= 11 is 1.15. The molecule has 0 fully saturated rings. The molecule has 10 heteroatoms. The van der Waals surface area contributed by atoms with Gasteiger partial charge in [-0.1, -0.05) is 52.9 Å². The summed E-state index contributed by atoms with van der Waals surface area (Å²) in [6.07, 6.45) is -1.74. The van der Waals surface area contributed by atoms with Crippen LogP contribution in [0.2, 0.25) is 0 Å². The molecule has 0 N–H and O–H groups in total. The van der Waals surface area contributed by atoms with E-state index in [4.69, 9.17) is 0 Å². The van der Waals surface area contributed by atoms with Crippen LogP contribution in [0, 0.1) is 0 Å². The molecule has 0 saturated carbocycles. The normalized spacial score (nSPS) is 15.6. The average Bonchev–Trinajstić information content (AvgIpc) is 2.37. The molecule has 0 amide bonds. The molecule has 0 spiro atoms. The van der Waals surface area contributed by atoms with Gasteiger partial charge >= 0.3 is 21.7 Å². The standard InChI is InChI=1S/C13H10F8I2/c14-10(15,11(16,17)12(18,19)13(20,21)23)7-9(22)6-8-4-2-1-3-5-8/h1-5,9H,6-7H2. The SMILES string of the molecule is FC(F)(I)C(F)(F)C(F)(F)C(F)(F)CC(I)Cc1ccccc1. The average molecular weight is 572 g/mol. The van der Waals surface area contributed by atoms with Crippen LogP contribution in [-0.2, 0) is 6.42 Å². The lowest BCUT2D eigenvalue weighted by molar-refractivity contribution is -0.343. The lowest BCUT2D eigenvalue weighted by Gasteiger charge is -2.35. The van der Waals surface area contributed by atoms with Gasteiger partial charge in [0.1, 0.15) is 0 Å². The van der Waals surface area contributed by atoms with Crippen molar-refractivity contribution in [2.24, 2.45) is 0 Å². The fraction of sp³-hybridized carbons (Fsp3) is 0.538. The van der Waals surface area contributed by atoms with Crippen LogP contribution >= 0.6 is 45.2 Å². The highest BCUT2D eigenvalue weighted by atomic mass is 127. The van der Waals surface area contributed by atoms with E-state index >= 15 is 0 Å². The third kappa shape index (κ3) is 4.60. The van der Waals surface area contributed by atoms with E-state index in [0.29, 0.717) is 5.56 Å². The largest absolute Gasteiger partial charge is 0.387 e. The van der Waals surface area contributed by atoms with Gasteiger partial charge in [-0.2, -0.15) is 35.1 Å². The molecule has 132 valence electrons. The summed E-state index contributed by atoms with van der Waals surface area (Å²) in [4.78, 5) is 0. The number of hydrogen-bond donors (Lipinski definition) is 0. The Balaban J connectivity index is 2.92. The van der Waals surface area contributed by atoms with Crippen molar-refractivity contribution in [1.82, 2.24) is 0 Å². The molecule has 0 aliphatic rings. The smallest absolute Gasteiger partial charge is 0.200 e. The second-order valence-electron chi connectivity index (χ2n) is 4.84. The third-order valence-corrected chi connectivity index (χ3v) is 4.55. The molecule has 1 rings (SSSR count). The topological polar surface area (TPSA) is 0 Å². The second kappa shape index (κ2) is 7.16. The first-order chi connectivity index (χ1) is 10.2. The fourth-order valence-corrected chi connectivity index (χ4v) is 3.16. The summed E-state index contributed by atoms with van der Waals surface area (Å²) in [5, 5.41) is 0. The van der Waals surface area contributed by atoms with Gasteiger partial charge in [-0.15, -0.1) is 0 Å². The maximum absolute atomic E-state index is 13.6. The van der Waals surface area contributed by atoms with Crippen molar-refractivity contribution in [1.29, 1.82) is 0 Å². The molecule has 0 heterocycles. The van der Waals surface area contributed by atoms with Gasteiger partial charge in [-0.25, -0.2) is 0 Å². The van der Waals surface area contributed by atoms with Crippen LogP contribution in [0.25, 0.3) is 0 Å². The summed E-state index contributed by atoms with van der Waals surface area (Å²) in [6, 6.07) is 7.94. The number of benzene rings is 1. The number of hydrogen-bond acceptors (Lipinski definition) is 0. The van der Waals surface area contributed by atoms with Crippen molar-refractivity contribution in [2.45, 2.75) is 38.5 Å². The molecule has 0 aromatic heterocycles. The predicted octanol–water partition coefficient (Wildman–Crippen LogP) is 6.36. The van der Waals surface area contributed by atoms with Crippen LogP contribution in [0.5, 0.6) is 0 Å². The molecule has 1 atom stereocenters. The molecular formula is C13H10F8I2. The van der Waals surface area contributed by atoms with E-state index in [1.54, 1.807) is 30.3 Å². The van der Waals surface area contributed by atoms with Crippen molar-refractivity contribution >= 4 is 45.2 Å². The van der Waals surface area contributed by atoms with Gasteiger partial charge in [0.25, 0.3) is 0 Å². The molecular weight excluding hydrogens is 562 g/mol. The number of alkyl halides is 10. The summed E-state index contributed by atoms with van der Waals surface area (Å²) < 4.78 is 99.0. The van der Waals surface area contributed by atoms with E-state index in [1.807, 2.05) is 0 Å². The van der Waals surface area contributed by atoms with Crippen LogP contribution in [0.4, 0.5) is 35.1 Å². The predicted molar refractivity (Wildman–Crippen MR) is 86.4 cm³/mol. The summed E-state index contributed by atoms with van der Waals surface area (Å²) in [5.41, 5.74) is 0.539. The van der Waals surface area contributed by atoms with Gasteiger partial charge in [0.15, 0.2) is 0 Å². The summed E-state index contributed by atoms with van der Waals surface area (Å²) in [7, 11) is 0. The van der Waals surface area contributed by atoms with Crippen molar-refractivity contribution in [3.05, 3.63) is 35.9 Å². The van der Waals surface area contributed by atoms with Crippen molar-refractivity contribution in [2.75, 3.05) is 0 Å². The zero-order valence-electron chi connectivity index (χ0n) is 11.2. The molecule has 0 saturated heterocycles. The Morgan fingerprint density at radius 1 is 0.826 bits per heavy atom. The van der Waals surface area contributed by atoms with Crippen LogP contribution in [0.3, 0.4) is 0 Å². The Kier molecular flexibility index (Phi) is 6.59. The number of rotatable bonds is 7. The molecule has 1 aromatic carbocycles. The zero-order chi connectivity index (χ0) is 18.1. The minimum Gasteiger partial charge on any atom is -0.200 e. The Bertz CT molecular complexity index is 512. The first-order valence-electron chi connectivity index (χ1n) is 6.10. The zero-order valence-corrected chi connectivity index (χ0v) is 15.5. The molecule has 0 aliphatic carbocycles. The van der Waals surface area contributed by atoms with Crippen LogP contribution in [0.15, 0.2) is 30.3 Å². The van der Waals surface area contributed by atoms with Gasteiger partial charge in [-0.3, -0.25) is 0 Å². The maximum Gasteiger partial charge on any atom is 0.387 e. The van der Waals surface area contributed by atoms with Crippen LogP contribution in [-0.4, -0.2) is 25.6 Å². The van der Waals surface area contributed by atoms with E-state index in [1.165, 1.54) is 22.6 Å². The Morgan fingerprint density at radius 3 is 1.74 bits per heavy atom. The number of halogens is 10. The summed E-state index contributed by atoms with van der Waals surface area (Å²) in [5.74, 6) is -17.6. The molecule has 1 aromatic rings. The highest BCUT2D eigenvalue weighted by molar-refractivity contribution is 14.1. The van der Waals surface area contributed by atoms with Gasteiger partial charge < -0.3 is 0 Å². The van der Waals surface area contributed by atoms with Gasteiger partial charge in [0, 0.05) is 32.9 Å². The van der Waals surface area contributed by atoms with E-state index in [2.05, 4.69) is 0 Å². The Morgan fingerprint density at radius 2 is 1.30 bits per heavy atom. The molecule has 0 bridgehead atoms. The first kappa shape index (κ1) is 21.2. The minimum atomic E-state index is -6.18. The first-order valence-corrected chi connectivity index (χ1v) is 8.43. The lowest BCUT2D eigenvalue weighted by Crippen LogP contribution is -2.60. The van der Waals surface area contributed by atoms with E-state index in [9.17, 15) is 35.1 Å². The van der Waals surface area contributed by atoms with Gasteiger partial charge in [0.05, 0.1) is 0 Å². The highest BCUT2D eigenvalue weighted by Crippen LogP contribution is 2.56. The molecule has 23 heavy (non-hydrogen) atoms. The quantitative estimate of drug-likeness (QED) is 0.203. The van der Waals surface area contributed by atoms with Crippen molar-refractivity contribution in [3.8, 4) is 0 Å². The third-order valence-electron chi connectivity index (χ3n) is 2.99. The molecule has 0 radical (unpaired) electrons. The van der Waals surface area contributed by atoms with Gasteiger partial charge in [0.2, 0.25) is 0 Å². The van der Waals surface area contributed by atoms with Crippen molar-refractivity contribution in [3.63, 3.8) is 0 Å². The van der Waals surface area contributed by atoms with E-state index in [0.717, 1.165) is 0 Å². The molecule has 1 unspecified atom stereocenters. The second-order valence-corrected chi connectivity index (χ2v) is 7.96. The maximum atomic E-state index is 13.6.